The molecule has 1 unspecified atom stereocenters. The summed E-state index contributed by atoms with van der Waals surface area (Å²) in [6.07, 6.45) is 2.72. The molecule has 25 heavy (non-hydrogen) atoms. The zero-order valence-electron chi connectivity index (χ0n) is 15.4. The second-order valence-corrected chi connectivity index (χ2v) is 7.68. The van der Waals surface area contributed by atoms with Gasteiger partial charge in [0.25, 0.3) is 0 Å². The molecular formula is C22H25NO2. The van der Waals surface area contributed by atoms with Crippen molar-refractivity contribution in [3.63, 3.8) is 0 Å². The number of oxazole rings is 1. The van der Waals surface area contributed by atoms with Crippen molar-refractivity contribution in [3.05, 3.63) is 65.5 Å². The van der Waals surface area contributed by atoms with Gasteiger partial charge in [-0.2, -0.15) is 0 Å². The number of carbonyl (C=O) groups is 1. The number of carbonyl (C=O) groups excluding carboxylic acids is 1. The summed E-state index contributed by atoms with van der Waals surface area (Å²) in [5.74, 6) is 0.0364. The number of nitrogens with zero attached hydrogens (tertiary/aromatic N) is 1. The van der Waals surface area contributed by atoms with E-state index in [2.05, 4.69) is 50.0 Å². The number of Topliss-reactive ketones (excluding diaryl/α,β-unsaturated/α-hetero) is 1. The minimum absolute atomic E-state index is 0.151. The lowest BCUT2D eigenvalue weighted by Crippen LogP contribution is -2.12. The first-order valence-electron chi connectivity index (χ1n) is 8.80. The second-order valence-electron chi connectivity index (χ2n) is 7.68. The third-order valence-corrected chi connectivity index (χ3v) is 4.82. The number of hydrogen-bond donors (Lipinski definition) is 0. The monoisotopic (exact) mass is 335 g/mol. The highest BCUT2D eigenvalue weighted by Gasteiger charge is 2.19. The lowest BCUT2D eigenvalue weighted by atomic mass is 9.86. The van der Waals surface area contributed by atoms with E-state index in [1.54, 1.807) is 0 Å². The molecule has 2 aromatic carbocycles. The Kier molecular flexibility index (Phi) is 4.76. The Morgan fingerprint density at radius 1 is 1.12 bits per heavy atom. The van der Waals surface area contributed by atoms with Crippen LogP contribution in [0.2, 0.25) is 0 Å². The van der Waals surface area contributed by atoms with E-state index < -0.39 is 0 Å². The molecular weight excluding hydrogens is 310 g/mol. The number of rotatable bonds is 5. The number of ketones is 1. The Labute approximate surface area is 149 Å². The summed E-state index contributed by atoms with van der Waals surface area (Å²) < 4.78 is 5.46. The van der Waals surface area contributed by atoms with Crippen molar-refractivity contribution in [2.75, 3.05) is 0 Å². The van der Waals surface area contributed by atoms with Crippen LogP contribution >= 0.6 is 0 Å². The summed E-state index contributed by atoms with van der Waals surface area (Å²) in [5.41, 5.74) is 5.11. The largest absolute Gasteiger partial charge is 0.443 e. The first-order chi connectivity index (χ1) is 11.9. The average Bonchev–Trinajstić information content (AvgIpc) is 3.07. The van der Waals surface area contributed by atoms with Crippen LogP contribution in [0.3, 0.4) is 0 Å². The van der Waals surface area contributed by atoms with Crippen molar-refractivity contribution < 1.29 is 9.21 Å². The standard InChI is InChI=1S/C22H25NO2/c1-15(18-6-5-7-19-21(18)25-14-23-19)20(24)13-10-16-8-11-17(12-9-16)22(2,3)4/h5-9,11-12,14-15H,10,13H2,1-4H3. The molecule has 0 spiro atoms. The van der Waals surface area contributed by atoms with Crippen molar-refractivity contribution in [2.24, 2.45) is 0 Å². The molecule has 0 bridgehead atoms. The van der Waals surface area contributed by atoms with Crippen LogP contribution in [0, 0.1) is 0 Å². The van der Waals surface area contributed by atoms with Crippen molar-refractivity contribution in [3.8, 4) is 0 Å². The molecule has 0 amide bonds. The van der Waals surface area contributed by atoms with Gasteiger partial charge >= 0.3 is 0 Å². The highest BCUT2D eigenvalue weighted by molar-refractivity contribution is 5.90. The molecule has 0 saturated heterocycles. The quantitative estimate of drug-likeness (QED) is 0.624. The zero-order chi connectivity index (χ0) is 18.0. The molecule has 3 rings (SSSR count). The number of hydrogen-bond acceptors (Lipinski definition) is 3. The van der Waals surface area contributed by atoms with Gasteiger partial charge in [0.2, 0.25) is 0 Å². The van der Waals surface area contributed by atoms with Crippen LogP contribution in [-0.4, -0.2) is 10.8 Å². The molecule has 3 nitrogen and oxygen atoms in total. The first-order valence-corrected chi connectivity index (χ1v) is 8.80. The summed E-state index contributed by atoms with van der Waals surface area (Å²) >= 11 is 0. The van der Waals surface area contributed by atoms with Gasteiger partial charge in [0.15, 0.2) is 12.0 Å². The average molecular weight is 335 g/mol. The van der Waals surface area contributed by atoms with E-state index in [-0.39, 0.29) is 17.1 Å². The summed E-state index contributed by atoms with van der Waals surface area (Å²) in [4.78, 5) is 16.8. The maximum absolute atomic E-state index is 12.6. The summed E-state index contributed by atoms with van der Waals surface area (Å²) in [5, 5.41) is 0. The highest BCUT2D eigenvalue weighted by atomic mass is 16.3. The Morgan fingerprint density at radius 2 is 1.84 bits per heavy atom. The predicted molar refractivity (Wildman–Crippen MR) is 101 cm³/mol. The maximum atomic E-state index is 12.6. The van der Waals surface area contributed by atoms with Crippen LogP contribution in [0.1, 0.15) is 56.7 Å². The Bertz CT molecular complexity index is 869. The molecule has 1 heterocycles. The fraction of sp³-hybridized carbons (Fsp3) is 0.364. The number of aromatic nitrogens is 1. The van der Waals surface area contributed by atoms with Crippen molar-refractivity contribution in [2.45, 2.75) is 51.9 Å². The third-order valence-electron chi connectivity index (χ3n) is 4.82. The molecule has 0 N–H and O–H groups in total. The van der Waals surface area contributed by atoms with Crippen LogP contribution in [0.25, 0.3) is 11.1 Å². The normalized spacial score (nSPS) is 13.1. The maximum Gasteiger partial charge on any atom is 0.181 e. The van der Waals surface area contributed by atoms with E-state index in [0.29, 0.717) is 6.42 Å². The first kappa shape index (κ1) is 17.4. The van der Waals surface area contributed by atoms with Gasteiger partial charge in [-0.05, 0) is 29.0 Å². The molecule has 0 radical (unpaired) electrons. The number of benzene rings is 2. The SMILES string of the molecule is CC(C(=O)CCc1ccc(C(C)(C)C)cc1)c1cccc2ncoc12. The van der Waals surface area contributed by atoms with E-state index in [0.717, 1.165) is 23.1 Å². The lowest BCUT2D eigenvalue weighted by Gasteiger charge is -2.19. The Morgan fingerprint density at radius 3 is 2.52 bits per heavy atom. The van der Waals surface area contributed by atoms with Crippen LogP contribution in [-0.2, 0) is 16.6 Å². The van der Waals surface area contributed by atoms with Crippen LogP contribution < -0.4 is 0 Å². The van der Waals surface area contributed by atoms with Gasteiger partial charge in [0, 0.05) is 17.9 Å². The van der Waals surface area contributed by atoms with Crippen LogP contribution in [0.15, 0.2) is 53.3 Å². The van der Waals surface area contributed by atoms with E-state index in [1.165, 1.54) is 17.5 Å². The van der Waals surface area contributed by atoms with Gasteiger partial charge in [-0.1, -0.05) is 64.1 Å². The molecule has 0 aliphatic carbocycles. The van der Waals surface area contributed by atoms with Gasteiger partial charge in [-0.15, -0.1) is 0 Å². The van der Waals surface area contributed by atoms with Gasteiger partial charge in [0.1, 0.15) is 11.3 Å². The Hall–Kier alpha value is -2.42. The number of aryl methyl sites for hydroxylation is 1. The van der Waals surface area contributed by atoms with Crippen molar-refractivity contribution >= 4 is 16.9 Å². The van der Waals surface area contributed by atoms with Crippen molar-refractivity contribution in [1.29, 1.82) is 0 Å². The van der Waals surface area contributed by atoms with Crippen LogP contribution in [0.5, 0.6) is 0 Å². The minimum atomic E-state index is -0.189. The van der Waals surface area contributed by atoms with Gasteiger partial charge < -0.3 is 4.42 Å². The molecule has 130 valence electrons. The molecule has 1 atom stereocenters. The van der Waals surface area contributed by atoms with E-state index in [1.807, 2.05) is 25.1 Å². The molecule has 0 aliphatic heterocycles. The molecule has 0 aliphatic rings. The van der Waals surface area contributed by atoms with Crippen molar-refractivity contribution in [1.82, 2.24) is 4.98 Å². The van der Waals surface area contributed by atoms with Gasteiger partial charge in [-0.3, -0.25) is 4.79 Å². The summed E-state index contributed by atoms with van der Waals surface area (Å²) in [6.45, 7) is 8.56. The van der Waals surface area contributed by atoms with E-state index in [4.69, 9.17) is 4.42 Å². The van der Waals surface area contributed by atoms with Crippen LogP contribution in [0.4, 0.5) is 0 Å². The molecule has 1 aromatic heterocycles. The molecule has 3 aromatic rings. The van der Waals surface area contributed by atoms with Gasteiger partial charge in [0.05, 0.1) is 0 Å². The number of para-hydroxylation sites is 1. The molecule has 0 saturated carbocycles. The molecule has 0 fully saturated rings. The topological polar surface area (TPSA) is 43.1 Å². The van der Waals surface area contributed by atoms with Gasteiger partial charge in [-0.25, -0.2) is 4.98 Å². The lowest BCUT2D eigenvalue weighted by molar-refractivity contribution is -0.120. The molecule has 3 heteroatoms. The second kappa shape index (κ2) is 6.83. The summed E-state index contributed by atoms with van der Waals surface area (Å²) in [7, 11) is 0. The predicted octanol–water partition coefficient (Wildman–Crippen LogP) is 5.43. The summed E-state index contributed by atoms with van der Waals surface area (Å²) in [6, 6.07) is 14.4. The minimum Gasteiger partial charge on any atom is -0.443 e. The third kappa shape index (κ3) is 3.81. The fourth-order valence-corrected chi connectivity index (χ4v) is 3.08. The zero-order valence-corrected chi connectivity index (χ0v) is 15.4. The smallest absolute Gasteiger partial charge is 0.181 e. The number of fused-ring (bicyclic) bond motifs is 1. The van der Waals surface area contributed by atoms with E-state index >= 15 is 0 Å². The highest BCUT2D eigenvalue weighted by Crippen LogP contribution is 2.27. The van der Waals surface area contributed by atoms with E-state index in [9.17, 15) is 4.79 Å². The fourth-order valence-electron chi connectivity index (χ4n) is 3.08. The Balaban J connectivity index is 1.67.